The van der Waals surface area contributed by atoms with Crippen molar-refractivity contribution in [3.63, 3.8) is 0 Å². The summed E-state index contributed by atoms with van der Waals surface area (Å²) in [5, 5.41) is 4.10. The number of nitrogens with zero attached hydrogens (tertiary/aromatic N) is 4. The second-order valence-electron chi connectivity index (χ2n) is 3.98. The predicted molar refractivity (Wildman–Crippen MR) is 66.7 cm³/mol. The number of hydrazine groups is 1. The topological polar surface area (TPSA) is 120 Å². The molecule has 0 unspecified atom stereocenters. The highest BCUT2D eigenvalue weighted by Crippen LogP contribution is 2.11. The van der Waals surface area contributed by atoms with E-state index in [2.05, 4.69) is 10.1 Å². The Labute approximate surface area is 111 Å². The Morgan fingerprint density at radius 3 is 3.10 bits per heavy atom. The Morgan fingerprint density at radius 2 is 2.35 bits per heavy atom. The van der Waals surface area contributed by atoms with Gasteiger partial charge in [0.1, 0.15) is 12.3 Å². The molecule has 1 amide bonds. The van der Waals surface area contributed by atoms with E-state index in [0.29, 0.717) is 11.4 Å². The third-order valence-corrected chi connectivity index (χ3v) is 2.80. The first kappa shape index (κ1) is 12.1. The van der Waals surface area contributed by atoms with Gasteiger partial charge >= 0.3 is 5.69 Å². The first-order chi connectivity index (χ1) is 9.70. The average molecular weight is 274 g/mol. The molecule has 0 radical (unpaired) electrons. The molecular weight excluding hydrogens is 264 g/mol. The average Bonchev–Trinajstić information content (AvgIpc) is 3.05. The minimum Gasteiger partial charge on any atom is -0.467 e. The zero-order valence-corrected chi connectivity index (χ0v) is 10.2. The van der Waals surface area contributed by atoms with Crippen molar-refractivity contribution in [1.82, 2.24) is 24.6 Å². The molecule has 9 nitrogen and oxygen atoms in total. The van der Waals surface area contributed by atoms with Gasteiger partial charge in [-0.2, -0.15) is 0 Å². The van der Waals surface area contributed by atoms with Gasteiger partial charge in [-0.3, -0.25) is 15.2 Å². The van der Waals surface area contributed by atoms with Gasteiger partial charge in [0.2, 0.25) is 0 Å². The molecule has 3 N–H and O–H groups in total. The van der Waals surface area contributed by atoms with E-state index in [4.69, 9.17) is 10.3 Å². The maximum absolute atomic E-state index is 12.1. The molecule has 3 aromatic rings. The lowest BCUT2D eigenvalue weighted by molar-refractivity contribution is 0.0951. The third kappa shape index (κ3) is 1.86. The van der Waals surface area contributed by atoms with Gasteiger partial charge in [0, 0.05) is 12.4 Å². The highest BCUT2D eigenvalue weighted by atomic mass is 16.3. The van der Waals surface area contributed by atoms with Crippen LogP contribution >= 0.6 is 0 Å². The summed E-state index contributed by atoms with van der Waals surface area (Å²) in [5.41, 5.74) is 2.33. The molecule has 20 heavy (non-hydrogen) atoms. The molecule has 0 saturated heterocycles. The number of nitrogens with one attached hydrogen (secondary N) is 1. The van der Waals surface area contributed by atoms with Crippen LogP contribution in [0.4, 0.5) is 0 Å². The van der Waals surface area contributed by atoms with Crippen LogP contribution in [0.15, 0.2) is 40.1 Å². The lowest BCUT2D eigenvalue weighted by Gasteiger charge is -2.00. The van der Waals surface area contributed by atoms with Crippen molar-refractivity contribution in [3.8, 4) is 0 Å². The number of aromatic nitrogens is 4. The fraction of sp³-hybridized carbons (Fsp3) is 0.0909. The summed E-state index contributed by atoms with van der Waals surface area (Å²) in [6.45, 7) is 0.0241. The highest BCUT2D eigenvalue weighted by molar-refractivity contribution is 5.94. The number of nitrogens with two attached hydrogens (primary N) is 1. The molecule has 102 valence electrons. The van der Waals surface area contributed by atoms with Crippen molar-refractivity contribution in [2.24, 2.45) is 5.84 Å². The number of carbonyl (C=O) groups excluding carboxylic acids is 1. The summed E-state index contributed by atoms with van der Waals surface area (Å²) >= 11 is 0. The summed E-state index contributed by atoms with van der Waals surface area (Å²) in [5.74, 6) is 4.88. The molecule has 0 spiro atoms. The molecule has 0 bridgehead atoms. The van der Waals surface area contributed by atoms with Gasteiger partial charge < -0.3 is 4.42 Å². The van der Waals surface area contributed by atoms with Gasteiger partial charge in [-0.05, 0) is 6.07 Å². The molecule has 0 aromatic carbocycles. The van der Waals surface area contributed by atoms with Crippen molar-refractivity contribution < 1.29 is 9.21 Å². The minimum atomic E-state index is -0.493. The maximum Gasteiger partial charge on any atom is 0.350 e. The minimum absolute atomic E-state index is 0.0241. The van der Waals surface area contributed by atoms with Crippen LogP contribution in [-0.4, -0.2) is 25.1 Å². The van der Waals surface area contributed by atoms with Crippen LogP contribution in [0.25, 0.3) is 5.65 Å². The van der Waals surface area contributed by atoms with Crippen LogP contribution in [0.3, 0.4) is 0 Å². The Balaban J connectivity index is 2.02. The molecule has 0 aliphatic carbocycles. The molecule has 0 fully saturated rings. The zero-order chi connectivity index (χ0) is 14.1. The Hall–Kier alpha value is -2.94. The molecule has 0 atom stereocenters. The van der Waals surface area contributed by atoms with Crippen molar-refractivity contribution >= 4 is 11.6 Å². The van der Waals surface area contributed by atoms with Crippen molar-refractivity contribution in [1.29, 1.82) is 0 Å². The van der Waals surface area contributed by atoms with Crippen LogP contribution < -0.4 is 17.0 Å². The van der Waals surface area contributed by atoms with Gasteiger partial charge in [0.15, 0.2) is 5.65 Å². The molecule has 0 aliphatic rings. The van der Waals surface area contributed by atoms with Gasteiger partial charge in [0.05, 0.1) is 18.0 Å². The molecule has 0 saturated carbocycles. The molecular formula is C11H10N6O3. The summed E-state index contributed by atoms with van der Waals surface area (Å²) < 4.78 is 7.73. The van der Waals surface area contributed by atoms with E-state index < -0.39 is 5.91 Å². The third-order valence-electron chi connectivity index (χ3n) is 2.80. The van der Waals surface area contributed by atoms with Crippen LogP contribution in [0, 0.1) is 0 Å². The van der Waals surface area contributed by atoms with Crippen LogP contribution in [0.2, 0.25) is 0 Å². The van der Waals surface area contributed by atoms with E-state index in [0.717, 1.165) is 0 Å². The van der Waals surface area contributed by atoms with Crippen molar-refractivity contribution in [3.05, 3.63) is 52.7 Å². The number of nitrogen functional groups attached to an aromatic ring is 1. The summed E-state index contributed by atoms with van der Waals surface area (Å²) in [4.78, 5) is 27.5. The second-order valence-corrected chi connectivity index (χ2v) is 3.98. The number of hydrogen-bond donors (Lipinski definition) is 2. The fourth-order valence-electron chi connectivity index (χ4n) is 1.86. The van der Waals surface area contributed by atoms with Crippen LogP contribution in [0.1, 0.15) is 16.1 Å². The maximum atomic E-state index is 12.1. The molecule has 9 heteroatoms. The monoisotopic (exact) mass is 274 g/mol. The zero-order valence-electron chi connectivity index (χ0n) is 10.2. The number of rotatable bonds is 3. The van der Waals surface area contributed by atoms with E-state index in [1.54, 1.807) is 0 Å². The Morgan fingerprint density at radius 1 is 1.50 bits per heavy atom. The van der Waals surface area contributed by atoms with Gasteiger partial charge in [-0.1, -0.05) is 0 Å². The lowest BCUT2D eigenvalue weighted by atomic mass is 10.2. The summed E-state index contributed by atoms with van der Waals surface area (Å²) in [7, 11) is 0. The smallest absolute Gasteiger partial charge is 0.350 e. The Bertz CT molecular complexity index is 830. The standard InChI is InChI=1S/C11H10N6O3/c12-14-10(18)7-1-4-20-8(7)6-17-11(19)16-3-2-13-5-9(16)15-17/h1-5H,6,12H2,(H,14,18). The second kappa shape index (κ2) is 4.63. The van der Waals surface area contributed by atoms with E-state index in [-0.39, 0.29) is 17.8 Å². The first-order valence-corrected chi connectivity index (χ1v) is 5.67. The van der Waals surface area contributed by atoms with E-state index in [1.165, 1.54) is 40.0 Å². The number of hydrogen-bond acceptors (Lipinski definition) is 6. The van der Waals surface area contributed by atoms with E-state index in [1.807, 2.05) is 5.43 Å². The number of amides is 1. The number of furan rings is 1. The predicted octanol–water partition coefficient (Wildman–Crippen LogP) is -0.864. The molecule has 3 aromatic heterocycles. The first-order valence-electron chi connectivity index (χ1n) is 5.67. The fourth-order valence-corrected chi connectivity index (χ4v) is 1.86. The lowest BCUT2D eigenvalue weighted by Crippen LogP contribution is -2.31. The largest absolute Gasteiger partial charge is 0.467 e. The molecule has 0 aliphatic heterocycles. The normalized spacial score (nSPS) is 10.8. The van der Waals surface area contributed by atoms with E-state index in [9.17, 15) is 9.59 Å². The van der Waals surface area contributed by atoms with Crippen LogP contribution in [0.5, 0.6) is 0 Å². The SMILES string of the molecule is NNC(=O)c1ccoc1Cn1nc2cnccn2c1=O. The molecule has 3 heterocycles. The summed E-state index contributed by atoms with van der Waals surface area (Å²) in [6, 6.07) is 1.47. The highest BCUT2D eigenvalue weighted by Gasteiger charge is 2.16. The Kier molecular flexibility index (Phi) is 2.80. The van der Waals surface area contributed by atoms with Gasteiger partial charge in [-0.15, -0.1) is 5.10 Å². The summed E-state index contributed by atoms with van der Waals surface area (Å²) in [6.07, 6.45) is 5.81. The van der Waals surface area contributed by atoms with Crippen molar-refractivity contribution in [2.45, 2.75) is 6.54 Å². The number of fused-ring (bicyclic) bond motifs is 1. The van der Waals surface area contributed by atoms with Crippen LogP contribution in [-0.2, 0) is 6.54 Å². The van der Waals surface area contributed by atoms with Crippen molar-refractivity contribution in [2.75, 3.05) is 0 Å². The van der Waals surface area contributed by atoms with Gasteiger partial charge in [0.25, 0.3) is 5.91 Å². The number of carbonyl (C=O) groups is 1. The van der Waals surface area contributed by atoms with Gasteiger partial charge in [-0.25, -0.2) is 19.7 Å². The molecule has 3 rings (SSSR count). The van der Waals surface area contributed by atoms with E-state index >= 15 is 0 Å². The quantitative estimate of drug-likeness (QED) is 0.364.